The molecular formula is C19H14FN3OS. The van der Waals surface area contributed by atoms with E-state index in [0.29, 0.717) is 6.54 Å². The monoisotopic (exact) mass is 351 g/mol. The number of rotatable bonds is 4. The van der Waals surface area contributed by atoms with Crippen molar-refractivity contribution >= 4 is 17.0 Å². The summed E-state index contributed by atoms with van der Waals surface area (Å²) < 4.78 is 20.8. The first-order chi connectivity index (χ1) is 12.3. The van der Waals surface area contributed by atoms with Gasteiger partial charge in [0.1, 0.15) is 5.82 Å². The molecule has 124 valence electrons. The number of thiazole rings is 1. The maximum Gasteiger partial charge on any atom is 0.190 e. The van der Waals surface area contributed by atoms with E-state index in [0.717, 1.165) is 27.5 Å². The van der Waals surface area contributed by atoms with Crippen LogP contribution in [0.25, 0.3) is 11.5 Å². The quantitative estimate of drug-likeness (QED) is 0.538. The van der Waals surface area contributed by atoms with Gasteiger partial charge in [0.15, 0.2) is 10.6 Å². The van der Waals surface area contributed by atoms with Gasteiger partial charge in [-0.3, -0.25) is 4.98 Å². The van der Waals surface area contributed by atoms with Crippen LogP contribution in [0.1, 0.15) is 5.56 Å². The first kappa shape index (κ1) is 15.5. The summed E-state index contributed by atoms with van der Waals surface area (Å²) in [7, 11) is 0. The molecule has 0 bridgehead atoms. The van der Waals surface area contributed by atoms with Gasteiger partial charge >= 0.3 is 0 Å². The van der Waals surface area contributed by atoms with Crippen molar-refractivity contribution in [2.75, 3.05) is 0 Å². The Kier molecular flexibility index (Phi) is 4.26. The fourth-order valence-corrected chi connectivity index (χ4v) is 3.41. The number of halogens is 1. The lowest BCUT2D eigenvalue weighted by atomic mass is 10.2. The summed E-state index contributed by atoms with van der Waals surface area (Å²) >= 11 is 1.53. The lowest BCUT2D eigenvalue weighted by Gasteiger charge is -2.08. The van der Waals surface area contributed by atoms with E-state index in [1.54, 1.807) is 30.8 Å². The highest BCUT2D eigenvalue weighted by Crippen LogP contribution is 2.22. The molecule has 1 aromatic carbocycles. The zero-order valence-electron chi connectivity index (χ0n) is 13.2. The summed E-state index contributed by atoms with van der Waals surface area (Å²) in [5.74, 6) is 0.525. The first-order valence-corrected chi connectivity index (χ1v) is 8.59. The second-order valence-corrected chi connectivity index (χ2v) is 6.25. The molecule has 0 saturated heterocycles. The second kappa shape index (κ2) is 6.86. The summed E-state index contributed by atoms with van der Waals surface area (Å²) in [5, 5.41) is 2.01. The van der Waals surface area contributed by atoms with Gasteiger partial charge in [-0.25, -0.2) is 9.38 Å². The van der Waals surface area contributed by atoms with Crippen LogP contribution in [0, 0.1) is 5.82 Å². The molecule has 4 nitrogen and oxygen atoms in total. The van der Waals surface area contributed by atoms with E-state index in [-0.39, 0.29) is 5.82 Å². The van der Waals surface area contributed by atoms with E-state index in [1.165, 1.54) is 23.5 Å². The molecule has 0 radical (unpaired) electrons. The third-order valence-electron chi connectivity index (χ3n) is 3.70. The van der Waals surface area contributed by atoms with E-state index in [4.69, 9.17) is 4.42 Å². The molecule has 4 aromatic rings. The summed E-state index contributed by atoms with van der Waals surface area (Å²) in [5.41, 5.74) is 2.70. The molecule has 0 aliphatic heterocycles. The van der Waals surface area contributed by atoms with Crippen molar-refractivity contribution in [1.82, 2.24) is 9.55 Å². The number of hydrogen-bond donors (Lipinski definition) is 0. The average Bonchev–Trinajstić information content (AvgIpc) is 3.28. The number of furan rings is 1. The third kappa shape index (κ3) is 3.44. The Morgan fingerprint density at radius 2 is 2.00 bits per heavy atom. The Morgan fingerprint density at radius 3 is 2.72 bits per heavy atom. The molecule has 0 unspecified atom stereocenters. The molecule has 0 N–H and O–H groups in total. The molecule has 0 fully saturated rings. The topological polar surface area (TPSA) is 43.3 Å². The highest BCUT2D eigenvalue weighted by Gasteiger charge is 2.11. The smallest absolute Gasteiger partial charge is 0.190 e. The predicted octanol–water partition coefficient (Wildman–Crippen LogP) is 4.62. The largest absolute Gasteiger partial charge is 0.463 e. The highest BCUT2D eigenvalue weighted by atomic mass is 32.1. The van der Waals surface area contributed by atoms with Gasteiger partial charge in [-0.15, -0.1) is 11.3 Å². The van der Waals surface area contributed by atoms with Gasteiger partial charge < -0.3 is 8.98 Å². The predicted molar refractivity (Wildman–Crippen MR) is 95.0 cm³/mol. The zero-order valence-corrected chi connectivity index (χ0v) is 14.0. The van der Waals surface area contributed by atoms with Gasteiger partial charge in [0.05, 0.1) is 30.4 Å². The Bertz CT molecular complexity index is 1020. The first-order valence-electron chi connectivity index (χ1n) is 7.71. The Labute approximate surface area is 147 Å². The molecule has 0 amide bonds. The third-order valence-corrected chi connectivity index (χ3v) is 4.56. The number of pyridine rings is 1. The van der Waals surface area contributed by atoms with E-state index in [2.05, 4.69) is 14.5 Å². The lowest BCUT2D eigenvalue weighted by Crippen LogP contribution is -2.16. The van der Waals surface area contributed by atoms with E-state index in [1.807, 2.05) is 29.6 Å². The van der Waals surface area contributed by atoms with Gasteiger partial charge in [-0.1, -0.05) is 12.1 Å². The standard InChI is InChI=1S/C19H14FN3OS/c20-15-7-5-14(6-8-15)12-23-17(18-4-2-10-24-18)13-25-19(23)22-16-3-1-9-21-11-16/h1-11,13H,12H2. The van der Waals surface area contributed by atoms with Crippen molar-refractivity contribution in [2.24, 2.45) is 4.99 Å². The summed E-state index contributed by atoms with van der Waals surface area (Å²) in [6.07, 6.45) is 5.08. The molecule has 0 aliphatic rings. The van der Waals surface area contributed by atoms with Gasteiger partial charge in [-0.05, 0) is 42.0 Å². The molecule has 0 aliphatic carbocycles. The number of benzene rings is 1. The fourth-order valence-electron chi connectivity index (χ4n) is 2.50. The minimum absolute atomic E-state index is 0.245. The Morgan fingerprint density at radius 1 is 1.12 bits per heavy atom. The average molecular weight is 351 g/mol. The lowest BCUT2D eigenvalue weighted by molar-refractivity contribution is 0.573. The Hall–Kier alpha value is -2.99. The van der Waals surface area contributed by atoms with Crippen molar-refractivity contribution in [2.45, 2.75) is 6.54 Å². The van der Waals surface area contributed by atoms with Gasteiger partial charge in [0.2, 0.25) is 0 Å². The van der Waals surface area contributed by atoms with Crippen molar-refractivity contribution in [3.05, 3.63) is 88.7 Å². The molecule has 3 aromatic heterocycles. The fraction of sp³-hybridized carbons (Fsp3) is 0.0526. The van der Waals surface area contributed by atoms with Crippen LogP contribution in [0.4, 0.5) is 10.1 Å². The normalized spacial score (nSPS) is 11.8. The van der Waals surface area contributed by atoms with Gasteiger partial charge in [-0.2, -0.15) is 0 Å². The minimum atomic E-state index is -0.245. The van der Waals surface area contributed by atoms with Crippen LogP contribution >= 0.6 is 11.3 Å². The molecule has 25 heavy (non-hydrogen) atoms. The molecule has 0 spiro atoms. The van der Waals surface area contributed by atoms with Gasteiger partial charge in [0, 0.05) is 11.6 Å². The van der Waals surface area contributed by atoms with Crippen LogP contribution in [0.2, 0.25) is 0 Å². The van der Waals surface area contributed by atoms with E-state index >= 15 is 0 Å². The molecule has 3 heterocycles. The van der Waals surface area contributed by atoms with Crippen LogP contribution in [0.15, 0.2) is 82.0 Å². The van der Waals surface area contributed by atoms with Crippen molar-refractivity contribution in [3.63, 3.8) is 0 Å². The van der Waals surface area contributed by atoms with Crippen molar-refractivity contribution in [1.29, 1.82) is 0 Å². The van der Waals surface area contributed by atoms with Crippen molar-refractivity contribution in [3.8, 4) is 11.5 Å². The van der Waals surface area contributed by atoms with Crippen LogP contribution in [0.5, 0.6) is 0 Å². The van der Waals surface area contributed by atoms with Gasteiger partial charge in [0.25, 0.3) is 0 Å². The van der Waals surface area contributed by atoms with Crippen molar-refractivity contribution < 1.29 is 8.81 Å². The molecule has 0 saturated carbocycles. The molecule has 0 atom stereocenters. The Balaban J connectivity index is 1.82. The molecular weight excluding hydrogens is 337 g/mol. The minimum Gasteiger partial charge on any atom is -0.463 e. The summed E-state index contributed by atoms with van der Waals surface area (Å²) in [6.45, 7) is 0.568. The second-order valence-electron chi connectivity index (χ2n) is 5.42. The number of hydrogen-bond acceptors (Lipinski definition) is 4. The highest BCUT2D eigenvalue weighted by molar-refractivity contribution is 7.07. The summed E-state index contributed by atoms with van der Waals surface area (Å²) in [6, 6.07) is 14.0. The maximum absolute atomic E-state index is 13.2. The maximum atomic E-state index is 13.2. The SMILES string of the molecule is Fc1ccc(Cn2c(-c3ccco3)csc2=Nc2cccnc2)cc1. The van der Waals surface area contributed by atoms with E-state index < -0.39 is 0 Å². The molecule has 4 rings (SSSR count). The summed E-state index contributed by atoms with van der Waals surface area (Å²) in [4.78, 5) is 9.61. The molecule has 6 heteroatoms. The van der Waals surface area contributed by atoms with E-state index in [9.17, 15) is 4.39 Å². The zero-order chi connectivity index (χ0) is 17.1. The van der Waals surface area contributed by atoms with Crippen LogP contribution in [-0.2, 0) is 6.54 Å². The number of aromatic nitrogens is 2. The number of nitrogens with zero attached hydrogens (tertiary/aromatic N) is 3. The van der Waals surface area contributed by atoms with Crippen LogP contribution in [-0.4, -0.2) is 9.55 Å². The van der Waals surface area contributed by atoms with Crippen LogP contribution in [0.3, 0.4) is 0 Å². The van der Waals surface area contributed by atoms with Crippen LogP contribution < -0.4 is 4.80 Å².